The molecule has 5 nitrogen and oxygen atoms in total. The van der Waals surface area contributed by atoms with Crippen LogP contribution >= 0.6 is 11.3 Å². The Morgan fingerprint density at radius 2 is 2.05 bits per heavy atom. The molecule has 6 heteroatoms. The maximum Gasteiger partial charge on any atom is 0.183 e. The zero-order valence-electron chi connectivity index (χ0n) is 11.8. The Balaban J connectivity index is 2.22. The summed E-state index contributed by atoms with van der Waals surface area (Å²) in [7, 11) is 4.97. The molecule has 20 heavy (non-hydrogen) atoms. The van der Waals surface area contributed by atoms with Gasteiger partial charge in [0.25, 0.3) is 0 Å². The zero-order valence-corrected chi connectivity index (χ0v) is 12.6. The summed E-state index contributed by atoms with van der Waals surface area (Å²) >= 11 is 1.55. The molecule has 0 fully saturated rings. The zero-order chi connectivity index (χ0) is 14.4. The largest absolute Gasteiger partial charge is 0.497 e. The van der Waals surface area contributed by atoms with Crippen LogP contribution in [0.3, 0.4) is 0 Å². The minimum absolute atomic E-state index is 0.650. The summed E-state index contributed by atoms with van der Waals surface area (Å²) in [5.74, 6) is 1.56. The molecule has 2 rings (SSSR count). The summed E-state index contributed by atoms with van der Waals surface area (Å²) < 4.78 is 15.6. The average molecular weight is 294 g/mol. The van der Waals surface area contributed by atoms with E-state index < -0.39 is 0 Å². The molecular weight excluding hydrogens is 276 g/mol. The fourth-order valence-electron chi connectivity index (χ4n) is 1.75. The molecule has 0 saturated carbocycles. The molecule has 1 aromatic carbocycles. The van der Waals surface area contributed by atoms with Gasteiger partial charge in [-0.15, -0.1) is 11.3 Å². The summed E-state index contributed by atoms with van der Waals surface area (Å²) in [6, 6.07) is 5.67. The number of benzene rings is 1. The van der Waals surface area contributed by atoms with Crippen LogP contribution in [0.4, 0.5) is 5.13 Å². The highest BCUT2D eigenvalue weighted by molar-refractivity contribution is 7.14. The van der Waals surface area contributed by atoms with E-state index in [1.54, 1.807) is 32.7 Å². The molecule has 0 aliphatic rings. The number of nitrogens with zero attached hydrogens (tertiary/aromatic N) is 1. The number of nitrogens with one attached hydrogen (secondary N) is 1. The van der Waals surface area contributed by atoms with Crippen molar-refractivity contribution in [3.05, 3.63) is 23.6 Å². The smallest absolute Gasteiger partial charge is 0.183 e. The van der Waals surface area contributed by atoms with Crippen LogP contribution in [0.2, 0.25) is 0 Å². The van der Waals surface area contributed by atoms with Crippen molar-refractivity contribution in [3.8, 4) is 22.8 Å². The van der Waals surface area contributed by atoms with Crippen LogP contribution in [0.15, 0.2) is 23.6 Å². The Hall–Kier alpha value is -1.79. The number of ether oxygens (including phenoxy) is 3. The number of anilines is 1. The Bertz CT molecular complexity index is 557. The maximum atomic E-state index is 5.38. The fraction of sp³-hybridized carbons (Fsp3) is 0.357. The molecule has 0 amide bonds. The number of hydrogen-bond acceptors (Lipinski definition) is 6. The fourth-order valence-corrected chi connectivity index (χ4v) is 2.49. The van der Waals surface area contributed by atoms with Crippen LogP contribution < -0.4 is 14.8 Å². The standard InChI is InChI=1S/C14H18N2O3S/c1-17-7-6-15-14-16-12(9-20-14)11-8-10(18-2)4-5-13(11)19-3/h4-5,8-9H,6-7H2,1-3H3,(H,15,16). The molecule has 0 spiro atoms. The van der Waals surface area contributed by atoms with E-state index in [4.69, 9.17) is 14.2 Å². The second-order valence-electron chi connectivity index (χ2n) is 4.02. The minimum atomic E-state index is 0.650. The molecule has 0 unspecified atom stereocenters. The topological polar surface area (TPSA) is 52.6 Å². The Morgan fingerprint density at radius 3 is 2.75 bits per heavy atom. The summed E-state index contributed by atoms with van der Waals surface area (Å²) in [4.78, 5) is 4.55. The molecule has 0 radical (unpaired) electrons. The first kappa shape index (κ1) is 14.6. The van der Waals surface area contributed by atoms with Crippen LogP contribution in [-0.4, -0.2) is 39.5 Å². The van der Waals surface area contributed by atoms with Crippen LogP contribution in [-0.2, 0) is 4.74 Å². The molecule has 0 aliphatic heterocycles. The third-order valence-electron chi connectivity index (χ3n) is 2.77. The number of rotatable bonds is 7. The average Bonchev–Trinajstić information content (AvgIpc) is 2.95. The van der Waals surface area contributed by atoms with Crippen LogP contribution in [0.25, 0.3) is 11.3 Å². The van der Waals surface area contributed by atoms with Gasteiger partial charge in [-0.05, 0) is 18.2 Å². The quantitative estimate of drug-likeness (QED) is 0.796. The lowest BCUT2D eigenvalue weighted by molar-refractivity contribution is 0.211. The first-order chi connectivity index (χ1) is 9.78. The van der Waals surface area contributed by atoms with Gasteiger partial charge in [0.2, 0.25) is 0 Å². The van der Waals surface area contributed by atoms with E-state index in [0.29, 0.717) is 6.61 Å². The third kappa shape index (κ3) is 3.40. The number of methoxy groups -OCH3 is 3. The minimum Gasteiger partial charge on any atom is -0.497 e. The third-order valence-corrected chi connectivity index (χ3v) is 3.57. The van der Waals surface area contributed by atoms with Gasteiger partial charge in [0.15, 0.2) is 5.13 Å². The van der Waals surface area contributed by atoms with Crippen molar-refractivity contribution < 1.29 is 14.2 Å². The highest BCUT2D eigenvalue weighted by atomic mass is 32.1. The predicted octanol–water partition coefficient (Wildman–Crippen LogP) is 2.89. The molecule has 1 N–H and O–H groups in total. The Kier molecular flexibility index (Phi) is 5.20. The van der Waals surface area contributed by atoms with Crippen molar-refractivity contribution in [1.82, 2.24) is 4.98 Å². The summed E-state index contributed by atoms with van der Waals surface area (Å²) in [5, 5.41) is 6.07. The Labute approximate surface area is 122 Å². The van der Waals surface area contributed by atoms with Crippen molar-refractivity contribution in [2.45, 2.75) is 0 Å². The SMILES string of the molecule is COCCNc1nc(-c2cc(OC)ccc2OC)cs1. The van der Waals surface area contributed by atoms with E-state index in [1.165, 1.54) is 0 Å². The monoisotopic (exact) mass is 294 g/mol. The van der Waals surface area contributed by atoms with Gasteiger partial charge in [-0.3, -0.25) is 0 Å². The molecule has 0 saturated heterocycles. The van der Waals surface area contributed by atoms with Crippen molar-refractivity contribution >= 4 is 16.5 Å². The van der Waals surface area contributed by atoms with Gasteiger partial charge in [-0.25, -0.2) is 4.98 Å². The van der Waals surface area contributed by atoms with Crippen molar-refractivity contribution in [3.63, 3.8) is 0 Å². The summed E-state index contributed by atoms with van der Waals surface area (Å²) in [6.07, 6.45) is 0. The van der Waals surface area contributed by atoms with E-state index in [0.717, 1.165) is 34.4 Å². The molecule has 1 heterocycles. The molecular formula is C14H18N2O3S. The molecule has 2 aromatic rings. The van der Waals surface area contributed by atoms with Gasteiger partial charge in [-0.2, -0.15) is 0 Å². The lowest BCUT2D eigenvalue weighted by Gasteiger charge is -2.08. The van der Waals surface area contributed by atoms with Crippen LogP contribution in [0.5, 0.6) is 11.5 Å². The van der Waals surface area contributed by atoms with Crippen LogP contribution in [0.1, 0.15) is 0 Å². The maximum absolute atomic E-state index is 5.38. The second kappa shape index (κ2) is 7.12. The normalized spacial score (nSPS) is 10.3. The number of hydrogen-bond donors (Lipinski definition) is 1. The van der Waals surface area contributed by atoms with Crippen molar-refractivity contribution in [2.75, 3.05) is 39.8 Å². The first-order valence-electron chi connectivity index (χ1n) is 6.19. The predicted molar refractivity (Wildman–Crippen MR) is 81.0 cm³/mol. The van der Waals surface area contributed by atoms with Crippen molar-refractivity contribution in [2.24, 2.45) is 0 Å². The number of aromatic nitrogens is 1. The molecule has 1 aromatic heterocycles. The first-order valence-corrected chi connectivity index (χ1v) is 7.07. The van der Waals surface area contributed by atoms with Crippen molar-refractivity contribution in [1.29, 1.82) is 0 Å². The molecule has 0 aliphatic carbocycles. The van der Waals surface area contributed by atoms with Gasteiger partial charge in [0.1, 0.15) is 11.5 Å². The Morgan fingerprint density at radius 1 is 1.20 bits per heavy atom. The summed E-state index contributed by atoms with van der Waals surface area (Å²) in [6.45, 7) is 1.39. The second-order valence-corrected chi connectivity index (χ2v) is 4.88. The van der Waals surface area contributed by atoms with E-state index in [2.05, 4.69) is 10.3 Å². The van der Waals surface area contributed by atoms with Gasteiger partial charge in [-0.1, -0.05) is 0 Å². The lowest BCUT2D eigenvalue weighted by atomic mass is 10.1. The van der Waals surface area contributed by atoms with Gasteiger partial charge in [0, 0.05) is 24.6 Å². The highest BCUT2D eigenvalue weighted by Gasteiger charge is 2.11. The van der Waals surface area contributed by atoms with Gasteiger partial charge >= 0.3 is 0 Å². The van der Waals surface area contributed by atoms with E-state index in [1.807, 2.05) is 23.6 Å². The van der Waals surface area contributed by atoms with E-state index in [-0.39, 0.29) is 0 Å². The van der Waals surface area contributed by atoms with Gasteiger partial charge < -0.3 is 19.5 Å². The lowest BCUT2D eigenvalue weighted by Crippen LogP contribution is -2.07. The molecule has 0 atom stereocenters. The van der Waals surface area contributed by atoms with E-state index in [9.17, 15) is 0 Å². The highest BCUT2D eigenvalue weighted by Crippen LogP contribution is 2.34. The molecule has 108 valence electrons. The van der Waals surface area contributed by atoms with E-state index >= 15 is 0 Å². The van der Waals surface area contributed by atoms with Crippen LogP contribution in [0, 0.1) is 0 Å². The summed E-state index contributed by atoms with van der Waals surface area (Å²) in [5.41, 5.74) is 1.79. The number of thiazole rings is 1. The van der Waals surface area contributed by atoms with Gasteiger partial charge in [0.05, 0.1) is 26.5 Å². The molecule has 0 bridgehead atoms.